The largest absolute Gasteiger partial charge is 0.513 e. The van der Waals surface area contributed by atoms with Gasteiger partial charge in [-0.25, -0.2) is 4.57 Å². The van der Waals surface area contributed by atoms with Crippen LogP contribution in [0.1, 0.15) is 46.0 Å². The number of benzene rings is 2. The molecular weight excluding hydrogens is 447 g/mol. The number of nitrogens with one attached hydrogen (secondary N) is 1. The van der Waals surface area contributed by atoms with Gasteiger partial charge in [0.25, 0.3) is 5.69 Å². The van der Waals surface area contributed by atoms with Gasteiger partial charge < -0.3 is 13.8 Å². The first kappa shape index (κ1) is 24.7. The number of carbonyl (C=O) groups excluding carboxylic acids is 1. The van der Waals surface area contributed by atoms with Gasteiger partial charge in [-0.2, -0.15) is 5.09 Å². The molecule has 3 rings (SSSR count). The molecule has 0 aliphatic heterocycles. The highest BCUT2D eigenvalue weighted by atomic mass is 31.2. The number of rotatable bonds is 12. The van der Waals surface area contributed by atoms with Crippen molar-refractivity contribution in [3.8, 4) is 11.5 Å². The van der Waals surface area contributed by atoms with Crippen molar-refractivity contribution in [3.05, 3.63) is 64.7 Å². The second kappa shape index (κ2) is 10.8. The lowest BCUT2D eigenvalue weighted by Gasteiger charge is -2.41. The molecule has 10 heteroatoms. The van der Waals surface area contributed by atoms with E-state index >= 15 is 0 Å². The number of hydrogen-bond acceptors (Lipinski definition) is 7. The molecule has 1 aliphatic rings. The standard InChI is InChI=1S/C23H29N2O7P/c1-3-18(4-2)17-30-22(26)23(15-8-16-23)24-33(29,31-20-9-6-5-7-10-20)32-21-13-11-19(12-14-21)25(27)28/h5-7,9-14,18H,3-4,8,15-17H2,1-2H3,(H,24,29). The van der Waals surface area contributed by atoms with Crippen molar-refractivity contribution in [2.24, 2.45) is 5.92 Å². The van der Waals surface area contributed by atoms with Gasteiger partial charge in [0.2, 0.25) is 0 Å². The fourth-order valence-corrected chi connectivity index (χ4v) is 5.23. The van der Waals surface area contributed by atoms with Crippen LogP contribution in [0.15, 0.2) is 54.6 Å². The van der Waals surface area contributed by atoms with Gasteiger partial charge in [0.15, 0.2) is 0 Å². The Bertz CT molecular complexity index is 990. The van der Waals surface area contributed by atoms with E-state index in [1.54, 1.807) is 30.3 Å². The van der Waals surface area contributed by atoms with Crippen LogP contribution in [0.3, 0.4) is 0 Å². The average Bonchev–Trinajstić information content (AvgIpc) is 2.78. The topological polar surface area (TPSA) is 117 Å². The van der Waals surface area contributed by atoms with E-state index < -0.39 is 24.2 Å². The van der Waals surface area contributed by atoms with Gasteiger partial charge in [0.05, 0.1) is 11.5 Å². The maximum Gasteiger partial charge on any atom is 0.513 e. The molecule has 0 aromatic heterocycles. The van der Waals surface area contributed by atoms with Crippen LogP contribution in [0.25, 0.3) is 0 Å². The van der Waals surface area contributed by atoms with E-state index in [9.17, 15) is 19.5 Å². The third-order valence-electron chi connectivity index (χ3n) is 5.80. The summed E-state index contributed by atoms with van der Waals surface area (Å²) in [6.45, 7) is 4.38. The van der Waals surface area contributed by atoms with Crippen LogP contribution in [0.4, 0.5) is 5.69 Å². The Morgan fingerprint density at radius 1 is 1.06 bits per heavy atom. The summed E-state index contributed by atoms with van der Waals surface area (Å²) < 4.78 is 30.8. The molecule has 1 unspecified atom stereocenters. The van der Waals surface area contributed by atoms with Crippen LogP contribution in [0.2, 0.25) is 0 Å². The summed E-state index contributed by atoms with van der Waals surface area (Å²) in [5, 5.41) is 13.8. The predicted molar refractivity (Wildman–Crippen MR) is 123 cm³/mol. The maximum absolute atomic E-state index is 13.8. The zero-order chi connectivity index (χ0) is 23.9. The van der Waals surface area contributed by atoms with E-state index in [0.29, 0.717) is 19.4 Å². The zero-order valence-electron chi connectivity index (χ0n) is 18.8. The molecule has 0 saturated heterocycles. The van der Waals surface area contributed by atoms with Gasteiger partial charge in [0.1, 0.15) is 17.0 Å². The Morgan fingerprint density at radius 3 is 2.12 bits per heavy atom. The minimum atomic E-state index is -4.12. The molecule has 0 heterocycles. The SMILES string of the molecule is CCC(CC)COC(=O)C1(NP(=O)(Oc2ccccc2)Oc2ccc([N+](=O)[O-])cc2)CCC1. The van der Waals surface area contributed by atoms with E-state index in [4.69, 9.17) is 13.8 Å². The van der Waals surface area contributed by atoms with Crippen molar-refractivity contribution in [2.75, 3.05) is 6.61 Å². The molecule has 33 heavy (non-hydrogen) atoms. The monoisotopic (exact) mass is 476 g/mol. The maximum atomic E-state index is 13.8. The summed E-state index contributed by atoms with van der Waals surface area (Å²) in [4.78, 5) is 23.4. The highest BCUT2D eigenvalue weighted by molar-refractivity contribution is 7.52. The second-order valence-electron chi connectivity index (χ2n) is 8.07. The Morgan fingerprint density at radius 2 is 1.64 bits per heavy atom. The van der Waals surface area contributed by atoms with Crippen LogP contribution in [-0.2, 0) is 14.1 Å². The first-order valence-electron chi connectivity index (χ1n) is 11.0. The molecule has 1 fully saturated rings. The first-order valence-corrected chi connectivity index (χ1v) is 12.6. The molecule has 2 aromatic carbocycles. The number of ether oxygens (including phenoxy) is 1. The quantitative estimate of drug-likeness (QED) is 0.181. The minimum Gasteiger partial charge on any atom is -0.464 e. The van der Waals surface area contributed by atoms with E-state index in [-0.39, 0.29) is 23.1 Å². The van der Waals surface area contributed by atoms with Gasteiger partial charge in [-0.1, -0.05) is 44.9 Å². The molecule has 9 nitrogen and oxygen atoms in total. The molecule has 0 bridgehead atoms. The van der Waals surface area contributed by atoms with Crippen molar-refractivity contribution in [1.82, 2.24) is 5.09 Å². The lowest BCUT2D eigenvalue weighted by atomic mass is 9.78. The Balaban J connectivity index is 1.82. The highest BCUT2D eigenvalue weighted by Crippen LogP contribution is 2.50. The molecule has 0 radical (unpaired) electrons. The lowest BCUT2D eigenvalue weighted by molar-refractivity contribution is -0.384. The molecule has 1 atom stereocenters. The van der Waals surface area contributed by atoms with Crippen LogP contribution >= 0.6 is 7.75 Å². The summed E-state index contributed by atoms with van der Waals surface area (Å²) in [7, 11) is -4.12. The number of para-hydroxylation sites is 1. The molecule has 1 aliphatic carbocycles. The molecule has 0 spiro atoms. The smallest absolute Gasteiger partial charge is 0.464 e. The van der Waals surface area contributed by atoms with Crippen LogP contribution in [0, 0.1) is 16.0 Å². The summed E-state index contributed by atoms with van der Waals surface area (Å²) in [5.74, 6) is 0.169. The number of hydrogen-bond donors (Lipinski definition) is 1. The van der Waals surface area contributed by atoms with Gasteiger partial charge in [0, 0.05) is 12.1 Å². The van der Waals surface area contributed by atoms with Gasteiger partial charge in [-0.15, -0.1) is 0 Å². The van der Waals surface area contributed by atoms with E-state index in [2.05, 4.69) is 5.09 Å². The van der Waals surface area contributed by atoms with Crippen LogP contribution < -0.4 is 14.1 Å². The Labute approximate surface area is 193 Å². The summed E-state index contributed by atoms with van der Waals surface area (Å²) in [6.07, 6.45) is 3.41. The number of carbonyl (C=O) groups is 1. The molecule has 1 N–H and O–H groups in total. The summed E-state index contributed by atoms with van der Waals surface area (Å²) in [6, 6.07) is 13.6. The Kier molecular flexibility index (Phi) is 8.10. The lowest BCUT2D eigenvalue weighted by Crippen LogP contribution is -2.57. The third-order valence-corrected chi connectivity index (χ3v) is 7.40. The predicted octanol–water partition coefficient (Wildman–Crippen LogP) is 5.65. The van der Waals surface area contributed by atoms with E-state index in [0.717, 1.165) is 19.3 Å². The van der Waals surface area contributed by atoms with Gasteiger partial charge in [-0.05, 0) is 49.4 Å². The highest BCUT2D eigenvalue weighted by Gasteiger charge is 2.52. The second-order valence-corrected chi connectivity index (χ2v) is 9.66. The van der Waals surface area contributed by atoms with Crippen LogP contribution in [-0.4, -0.2) is 23.0 Å². The van der Waals surface area contributed by atoms with Crippen LogP contribution in [0.5, 0.6) is 11.5 Å². The molecular formula is C23H29N2O7P. The molecule has 1 saturated carbocycles. The third kappa shape index (κ3) is 6.33. The van der Waals surface area contributed by atoms with Gasteiger partial charge in [-0.3, -0.25) is 14.9 Å². The van der Waals surface area contributed by atoms with Crippen molar-refractivity contribution in [2.45, 2.75) is 51.5 Å². The fourth-order valence-electron chi connectivity index (χ4n) is 3.46. The van der Waals surface area contributed by atoms with Crippen molar-refractivity contribution >= 4 is 19.4 Å². The summed E-state index contributed by atoms with van der Waals surface area (Å²) in [5.41, 5.74) is -1.31. The van der Waals surface area contributed by atoms with E-state index in [1.807, 2.05) is 13.8 Å². The van der Waals surface area contributed by atoms with Gasteiger partial charge >= 0.3 is 13.7 Å². The molecule has 2 aromatic rings. The minimum absolute atomic E-state index is 0.104. The Hall–Kier alpha value is -2.90. The normalized spacial score (nSPS) is 16.3. The molecule has 0 amide bonds. The number of esters is 1. The number of nitrogens with zero attached hydrogens (tertiary/aromatic N) is 1. The van der Waals surface area contributed by atoms with Crippen molar-refractivity contribution in [3.63, 3.8) is 0 Å². The number of nitro groups is 1. The zero-order valence-corrected chi connectivity index (χ0v) is 19.7. The fraction of sp³-hybridized carbons (Fsp3) is 0.435. The van der Waals surface area contributed by atoms with E-state index in [1.165, 1.54) is 24.3 Å². The number of non-ortho nitro benzene ring substituents is 1. The summed E-state index contributed by atoms with van der Waals surface area (Å²) >= 11 is 0. The number of nitro benzene ring substituents is 1. The van der Waals surface area contributed by atoms with Crippen molar-refractivity contribution in [1.29, 1.82) is 0 Å². The molecule has 178 valence electrons. The van der Waals surface area contributed by atoms with Crippen molar-refractivity contribution < 1.29 is 28.1 Å². The first-order chi connectivity index (χ1) is 15.8. The average molecular weight is 476 g/mol.